The number of nitrogens with two attached hydrogens (primary N) is 1. The molecule has 5 nitrogen and oxygen atoms in total. The average Bonchev–Trinajstić information content (AvgIpc) is 3.04. The first-order chi connectivity index (χ1) is 12.4. The molecule has 3 rings (SSSR count). The standard InChI is InChI=1S/C19H20N2O3S2/c1-13(2)12-25-19-17(15-10-6-7-11-16(15)26(20,22)23)18(21-24-19)14-8-4-3-5-9-14/h3-11,13H,12H2,1-2H3,(H2,20,22,23). The molecular weight excluding hydrogens is 368 g/mol. The van der Waals surface area contributed by atoms with E-state index in [4.69, 9.17) is 9.66 Å². The van der Waals surface area contributed by atoms with Gasteiger partial charge in [-0.05, 0) is 12.0 Å². The molecule has 0 fully saturated rings. The average molecular weight is 389 g/mol. The van der Waals surface area contributed by atoms with Gasteiger partial charge in [0.25, 0.3) is 0 Å². The number of rotatable bonds is 6. The molecule has 0 aliphatic heterocycles. The largest absolute Gasteiger partial charge is 0.349 e. The normalized spacial score (nSPS) is 11.8. The number of thioether (sulfide) groups is 1. The van der Waals surface area contributed by atoms with Gasteiger partial charge in [0.15, 0.2) is 0 Å². The highest BCUT2D eigenvalue weighted by atomic mass is 32.2. The smallest absolute Gasteiger partial charge is 0.238 e. The summed E-state index contributed by atoms with van der Waals surface area (Å²) in [4.78, 5) is 0.0618. The molecule has 26 heavy (non-hydrogen) atoms. The molecule has 2 N–H and O–H groups in total. The Hall–Kier alpha value is -2.09. The molecule has 0 saturated carbocycles. The number of primary sulfonamides is 1. The predicted octanol–water partition coefficient (Wildman–Crippen LogP) is 4.40. The van der Waals surface area contributed by atoms with Crippen LogP contribution < -0.4 is 5.14 Å². The van der Waals surface area contributed by atoms with E-state index >= 15 is 0 Å². The van der Waals surface area contributed by atoms with E-state index in [9.17, 15) is 8.42 Å². The van der Waals surface area contributed by atoms with Gasteiger partial charge in [-0.3, -0.25) is 0 Å². The number of sulfonamides is 1. The highest BCUT2D eigenvalue weighted by Gasteiger charge is 2.25. The third-order valence-electron chi connectivity index (χ3n) is 3.72. The van der Waals surface area contributed by atoms with Crippen LogP contribution in [0.5, 0.6) is 0 Å². The van der Waals surface area contributed by atoms with Crippen LogP contribution in [0.15, 0.2) is 69.1 Å². The molecular formula is C19H20N2O3S2. The SMILES string of the molecule is CC(C)CSc1onc(-c2ccccc2)c1-c1ccccc1S(N)(=O)=O. The van der Waals surface area contributed by atoms with E-state index in [2.05, 4.69) is 19.0 Å². The van der Waals surface area contributed by atoms with Gasteiger partial charge in [0.2, 0.25) is 15.1 Å². The van der Waals surface area contributed by atoms with Gasteiger partial charge in [0.1, 0.15) is 5.69 Å². The van der Waals surface area contributed by atoms with Crippen LogP contribution in [0.2, 0.25) is 0 Å². The van der Waals surface area contributed by atoms with Crippen LogP contribution in [0, 0.1) is 5.92 Å². The predicted molar refractivity (Wildman–Crippen MR) is 104 cm³/mol. The van der Waals surface area contributed by atoms with Gasteiger partial charge in [-0.25, -0.2) is 13.6 Å². The number of benzene rings is 2. The quantitative estimate of drug-likeness (QED) is 0.632. The van der Waals surface area contributed by atoms with Crippen LogP contribution in [0.4, 0.5) is 0 Å². The zero-order valence-electron chi connectivity index (χ0n) is 14.5. The fraction of sp³-hybridized carbons (Fsp3) is 0.211. The number of nitrogens with zero attached hydrogens (tertiary/aromatic N) is 1. The molecule has 1 heterocycles. The van der Waals surface area contributed by atoms with Crippen molar-refractivity contribution < 1.29 is 12.9 Å². The lowest BCUT2D eigenvalue weighted by molar-refractivity contribution is 0.352. The van der Waals surface area contributed by atoms with Crippen molar-refractivity contribution in [1.82, 2.24) is 5.16 Å². The van der Waals surface area contributed by atoms with Crippen molar-refractivity contribution in [2.45, 2.75) is 23.8 Å². The molecule has 136 valence electrons. The van der Waals surface area contributed by atoms with Crippen LogP contribution >= 0.6 is 11.8 Å². The summed E-state index contributed by atoms with van der Waals surface area (Å²) >= 11 is 1.52. The van der Waals surface area contributed by atoms with Crippen LogP contribution in [0.1, 0.15) is 13.8 Å². The van der Waals surface area contributed by atoms with Crippen molar-refractivity contribution in [2.75, 3.05) is 5.75 Å². The third kappa shape index (κ3) is 4.00. The Morgan fingerprint density at radius 2 is 1.73 bits per heavy atom. The first-order valence-electron chi connectivity index (χ1n) is 8.18. The van der Waals surface area contributed by atoms with E-state index in [1.807, 2.05) is 30.3 Å². The Morgan fingerprint density at radius 3 is 2.38 bits per heavy atom. The van der Waals surface area contributed by atoms with Gasteiger partial charge in [-0.2, -0.15) is 0 Å². The lowest BCUT2D eigenvalue weighted by atomic mass is 10.0. The Labute approximate surface area is 157 Å². The summed E-state index contributed by atoms with van der Waals surface area (Å²) in [6, 6.07) is 16.2. The van der Waals surface area contributed by atoms with Gasteiger partial charge in [-0.15, -0.1) is 0 Å². The second-order valence-corrected chi connectivity index (χ2v) is 8.83. The monoisotopic (exact) mass is 388 g/mol. The Kier molecular flexibility index (Phi) is 5.50. The van der Waals surface area contributed by atoms with Crippen molar-refractivity contribution in [3.05, 3.63) is 54.6 Å². The fourth-order valence-corrected chi connectivity index (χ4v) is 4.24. The second kappa shape index (κ2) is 7.65. The van der Waals surface area contributed by atoms with Gasteiger partial charge in [-0.1, -0.05) is 79.3 Å². The summed E-state index contributed by atoms with van der Waals surface area (Å²) in [5.41, 5.74) is 2.62. The Balaban J connectivity index is 2.23. The fourth-order valence-electron chi connectivity index (χ4n) is 2.57. The highest BCUT2D eigenvalue weighted by molar-refractivity contribution is 7.99. The van der Waals surface area contributed by atoms with Crippen LogP contribution in [0.25, 0.3) is 22.4 Å². The molecule has 1 aromatic heterocycles. The molecule has 7 heteroatoms. The maximum absolute atomic E-state index is 12.1. The van der Waals surface area contributed by atoms with Crippen LogP contribution in [0.3, 0.4) is 0 Å². The van der Waals surface area contributed by atoms with Gasteiger partial charge >= 0.3 is 0 Å². The van der Waals surface area contributed by atoms with E-state index in [0.29, 0.717) is 27.8 Å². The molecule has 2 aromatic carbocycles. The van der Waals surface area contributed by atoms with Crippen LogP contribution in [-0.4, -0.2) is 19.3 Å². The van der Waals surface area contributed by atoms with E-state index in [0.717, 1.165) is 11.3 Å². The summed E-state index contributed by atoms with van der Waals surface area (Å²) in [5, 5.41) is 10.3. The summed E-state index contributed by atoms with van der Waals surface area (Å²) in [6.07, 6.45) is 0. The van der Waals surface area contributed by atoms with Crippen molar-refractivity contribution in [1.29, 1.82) is 0 Å². The molecule has 0 unspecified atom stereocenters. The minimum atomic E-state index is -3.89. The minimum absolute atomic E-state index is 0.0618. The Morgan fingerprint density at radius 1 is 1.08 bits per heavy atom. The third-order valence-corrected chi connectivity index (χ3v) is 6.06. The zero-order chi connectivity index (χ0) is 18.7. The van der Waals surface area contributed by atoms with Crippen molar-refractivity contribution >= 4 is 21.8 Å². The minimum Gasteiger partial charge on any atom is -0.349 e. The lowest BCUT2D eigenvalue weighted by Crippen LogP contribution is -2.13. The zero-order valence-corrected chi connectivity index (χ0v) is 16.2. The molecule has 0 radical (unpaired) electrons. The molecule has 0 aliphatic rings. The van der Waals surface area contributed by atoms with Gasteiger partial charge < -0.3 is 4.52 Å². The second-order valence-electron chi connectivity index (χ2n) is 6.31. The molecule has 3 aromatic rings. The summed E-state index contributed by atoms with van der Waals surface area (Å²) in [5.74, 6) is 1.28. The molecule has 0 bridgehead atoms. The molecule has 0 saturated heterocycles. The summed E-state index contributed by atoms with van der Waals surface area (Å²) in [6.45, 7) is 4.22. The highest BCUT2D eigenvalue weighted by Crippen LogP contribution is 2.42. The van der Waals surface area contributed by atoms with E-state index in [-0.39, 0.29) is 4.90 Å². The lowest BCUT2D eigenvalue weighted by Gasteiger charge is -2.10. The molecule has 0 amide bonds. The van der Waals surface area contributed by atoms with Crippen molar-refractivity contribution in [3.63, 3.8) is 0 Å². The molecule has 0 spiro atoms. The van der Waals surface area contributed by atoms with E-state index in [1.54, 1.807) is 18.2 Å². The summed E-state index contributed by atoms with van der Waals surface area (Å²) in [7, 11) is -3.89. The van der Waals surface area contributed by atoms with Gasteiger partial charge in [0.05, 0.1) is 10.5 Å². The van der Waals surface area contributed by atoms with E-state index < -0.39 is 10.0 Å². The van der Waals surface area contributed by atoms with Crippen LogP contribution in [-0.2, 0) is 10.0 Å². The maximum Gasteiger partial charge on any atom is 0.238 e. The molecule has 0 aliphatic carbocycles. The van der Waals surface area contributed by atoms with Crippen molar-refractivity contribution in [2.24, 2.45) is 11.1 Å². The van der Waals surface area contributed by atoms with Crippen molar-refractivity contribution in [3.8, 4) is 22.4 Å². The summed E-state index contributed by atoms with van der Waals surface area (Å²) < 4.78 is 29.8. The van der Waals surface area contributed by atoms with Gasteiger partial charge in [0, 0.05) is 16.9 Å². The number of aromatic nitrogens is 1. The Bertz CT molecular complexity index is 997. The first kappa shape index (κ1) is 18.7. The topological polar surface area (TPSA) is 86.2 Å². The maximum atomic E-state index is 12.1. The first-order valence-corrected chi connectivity index (χ1v) is 10.7. The number of hydrogen-bond donors (Lipinski definition) is 1. The van der Waals surface area contributed by atoms with E-state index in [1.165, 1.54) is 17.8 Å². The molecule has 0 atom stereocenters. The number of hydrogen-bond acceptors (Lipinski definition) is 5.